The summed E-state index contributed by atoms with van der Waals surface area (Å²) in [6, 6.07) is 0. The summed E-state index contributed by atoms with van der Waals surface area (Å²) in [5, 5.41) is 10.6. The lowest BCUT2D eigenvalue weighted by atomic mass is 10.1. The van der Waals surface area contributed by atoms with Crippen LogP contribution in [-0.4, -0.2) is 96.7 Å². The number of hydrogen-bond donors (Lipinski definition) is 3. The van der Waals surface area contributed by atoms with E-state index in [4.69, 9.17) is 37.0 Å². The minimum Gasteiger partial charge on any atom is -0.462 e. The van der Waals surface area contributed by atoms with Gasteiger partial charge in [-0.2, -0.15) is 0 Å². The van der Waals surface area contributed by atoms with E-state index >= 15 is 0 Å². The summed E-state index contributed by atoms with van der Waals surface area (Å²) >= 11 is 0. The van der Waals surface area contributed by atoms with Gasteiger partial charge in [0.15, 0.2) is 12.2 Å². The van der Waals surface area contributed by atoms with E-state index in [1.807, 2.05) is 30.4 Å². The lowest BCUT2D eigenvalue weighted by Gasteiger charge is -2.21. The monoisotopic (exact) mass is 1520 g/mol. The van der Waals surface area contributed by atoms with Gasteiger partial charge in [-0.05, 0) is 154 Å². The van der Waals surface area contributed by atoms with E-state index in [0.29, 0.717) is 32.1 Å². The Morgan fingerprint density at radius 3 is 0.906 bits per heavy atom. The van der Waals surface area contributed by atoms with Gasteiger partial charge in [0.05, 0.1) is 32.8 Å². The molecule has 0 rings (SSSR count). The fraction of sp³-hybridized carbons (Fsp3) is 0.586. The number of unbranched alkanes of at least 4 members (excludes halogenated alkanes) is 15. The molecule has 0 radical (unpaired) electrons. The van der Waals surface area contributed by atoms with Crippen LogP contribution >= 0.6 is 15.6 Å². The normalized spacial score (nSPS) is 14.9. The Labute approximate surface area is 640 Å². The van der Waals surface area contributed by atoms with Crippen molar-refractivity contribution in [3.8, 4) is 0 Å². The van der Waals surface area contributed by atoms with Crippen molar-refractivity contribution >= 4 is 39.5 Å². The van der Waals surface area contributed by atoms with Crippen LogP contribution in [0.3, 0.4) is 0 Å². The van der Waals surface area contributed by atoms with Gasteiger partial charge in [0.1, 0.15) is 19.3 Å². The first kappa shape index (κ1) is 99.9. The molecule has 106 heavy (non-hydrogen) atoms. The summed E-state index contributed by atoms with van der Waals surface area (Å²) in [4.78, 5) is 72.9. The standard InChI is InChI=1S/C87H138O17P2/c1-5-9-13-17-21-25-29-33-37-39-40-42-46-48-52-56-60-64-68-72-85(90)98-78-83(104-87(92)74-70-66-62-58-54-50-44-36-32-28-24-20-16-12-8-4)80-102-106(95,96)100-76-81(88)75-99-105(93,94)101-79-82(103-86(91)73-69-65-61-57-53-49-43-35-31-27-23-19-15-11-7-3)77-97-84(89)71-67-63-59-55-51-47-45-41-38-34-30-26-22-18-14-10-6-2/h9-11,13-15,21-23,25-27,33-38,40,42-45,47-48,52-53,57,60,64-65,69,81-83,88H,5-8,12,16-20,24,28-32,39,41,46,49-51,54-56,58-59,61-63,66-68,70-80H2,1-4H3,(H,93,94)(H,95,96)/b13-9-,14-10-,15-11-,25-21-,26-22-,27-23-,37-33-,38-34-,42-40-,43-35-,44-36-,47-45-,52-48-,57-53-,64-60-,69-65-. The molecule has 0 fully saturated rings. The van der Waals surface area contributed by atoms with E-state index in [2.05, 4.69) is 180 Å². The highest BCUT2D eigenvalue weighted by Crippen LogP contribution is 2.45. The zero-order valence-corrected chi connectivity index (χ0v) is 67.1. The van der Waals surface area contributed by atoms with Crippen molar-refractivity contribution in [2.45, 2.75) is 290 Å². The summed E-state index contributed by atoms with van der Waals surface area (Å²) < 4.78 is 68.3. The fourth-order valence-electron chi connectivity index (χ4n) is 9.66. The predicted molar refractivity (Wildman–Crippen MR) is 436 cm³/mol. The molecule has 5 unspecified atom stereocenters. The molecule has 0 aromatic carbocycles. The Morgan fingerprint density at radius 1 is 0.283 bits per heavy atom. The Morgan fingerprint density at radius 2 is 0.547 bits per heavy atom. The van der Waals surface area contributed by atoms with E-state index < -0.39 is 97.5 Å². The topological polar surface area (TPSA) is 237 Å². The molecular formula is C87H138O17P2. The highest BCUT2D eigenvalue weighted by molar-refractivity contribution is 7.47. The summed E-state index contributed by atoms with van der Waals surface area (Å²) in [5.74, 6) is -2.48. The van der Waals surface area contributed by atoms with E-state index in [9.17, 15) is 43.2 Å². The number of ether oxygens (including phenoxy) is 4. The van der Waals surface area contributed by atoms with E-state index in [1.54, 1.807) is 12.2 Å². The van der Waals surface area contributed by atoms with Crippen LogP contribution in [0.2, 0.25) is 0 Å². The number of carbonyl (C=O) groups is 4. The van der Waals surface area contributed by atoms with Crippen molar-refractivity contribution in [3.63, 3.8) is 0 Å². The Kier molecular flexibility index (Phi) is 72.6. The third kappa shape index (κ3) is 76.1. The largest absolute Gasteiger partial charge is 0.472 e. The van der Waals surface area contributed by atoms with Crippen LogP contribution in [0, 0.1) is 0 Å². The van der Waals surface area contributed by atoms with Gasteiger partial charge in [0.2, 0.25) is 0 Å². The van der Waals surface area contributed by atoms with E-state index in [0.717, 1.165) is 148 Å². The van der Waals surface area contributed by atoms with Crippen molar-refractivity contribution < 1.29 is 80.2 Å². The molecule has 0 aliphatic rings. The minimum atomic E-state index is -5.02. The molecule has 0 aromatic heterocycles. The average molecular weight is 1520 g/mol. The summed E-state index contributed by atoms with van der Waals surface area (Å²) in [5.41, 5.74) is 0. The number of esters is 4. The first-order valence-electron chi connectivity index (χ1n) is 39.7. The number of carbonyl (C=O) groups excluding carboxylic acids is 4. The van der Waals surface area contributed by atoms with Gasteiger partial charge >= 0.3 is 39.5 Å². The molecule has 3 N–H and O–H groups in total. The first-order valence-corrected chi connectivity index (χ1v) is 42.7. The number of allylic oxidation sites excluding steroid dienone is 31. The summed E-state index contributed by atoms with van der Waals surface area (Å²) in [7, 11) is -10.0. The maximum absolute atomic E-state index is 13.1. The van der Waals surface area contributed by atoms with Gasteiger partial charge in [0.25, 0.3) is 0 Å². The second-order valence-electron chi connectivity index (χ2n) is 25.5. The zero-order valence-electron chi connectivity index (χ0n) is 65.3. The number of aliphatic hydroxyl groups is 1. The molecule has 0 heterocycles. The van der Waals surface area contributed by atoms with Crippen molar-refractivity contribution in [2.75, 3.05) is 39.6 Å². The van der Waals surface area contributed by atoms with Crippen molar-refractivity contribution in [2.24, 2.45) is 0 Å². The van der Waals surface area contributed by atoms with Crippen LogP contribution < -0.4 is 0 Å². The molecule has 0 bridgehead atoms. The van der Waals surface area contributed by atoms with Gasteiger partial charge in [-0.1, -0.05) is 286 Å². The second-order valence-corrected chi connectivity index (χ2v) is 28.4. The van der Waals surface area contributed by atoms with Gasteiger partial charge in [-0.15, -0.1) is 0 Å². The number of rotatable bonds is 72. The Hall–Kier alpha value is -6.10. The quantitative estimate of drug-likeness (QED) is 0.0169. The van der Waals surface area contributed by atoms with Crippen LogP contribution in [-0.2, 0) is 65.4 Å². The van der Waals surface area contributed by atoms with Gasteiger partial charge in [-0.3, -0.25) is 37.3 Å². The Balaban J connectivity index is 5.54. The zero-order chi connectivity index (χ0) is 77.4. The molecule has 0 spiro atoms. The molecule has 0 aromatic rings. The molecular weight excluding hydrogens is 1380 g/mol. The van der Waals surface area contributed by atoms with Gasteiger partial charge in [-0.25, -0.2) is 9.13 Å². The molecule has 5 atom stereocenters. The van der Waals surface area contributed by atoms with Crippen molar-refractivity contribution in [3.05, 3.63) is 194 Å². The summed E-state index contributed by atoms with van der Waals surface area (Å²) in [6.45, 7) is 4.26. The molecule has 598 valence electrons. The maximum atomic E-state index is 13.1. The van der Waals surface area contributed by atoms with Crippen LogP contribution in [0.15, 0.2) is 194 Å². The van der Waals surface area contributed by atoms with Crippen LogP contribution in [0.4, 0.5) is 0 Å². The third-order valence-electron chi connectivity index (χ3n) is 15.6. The van der Waals surface area contributed by atoms with Gasteiger partial charge < -0.3 is 33.8 Å². The lowest BCUT2D eigenvalue weighted by Crippen LogP contribution is -2.30. The molecule has 0 aliphatic heterocycles. The van der Waals surface area contributed by atoms with Gasteiger partial charge in [0, 0.05) is 19.3 Å². The predicted octanol–water partition coefficient (Wildman–Crippen LogP) is 23.3. The molecule has 17 nitrogen and oxygen atoms in total. The highest BCUT2D eigenvalue weighted by Gasteiger charge is 2.30. The van der Waals surface area contributed by atoms with E-state index in [1.165, 1.54) is 38.5 Å². The molecule has 0 aliphatic carbocycles. The maximum Gasteiger partial charge on any atom is 0.472 e. The SMILES string of the molecule is CC/C=C\C/C=C\C/C=C\C/C=C\C/C=C\C/C=C\CCC(=O)OCC(COP(=O)(O)OCC(O)COP(=O)(O)OCC(COC(=O)CCCCCC/C=C\C/C=C\C/C=C\C/C=C\CC)OC(=O)C/C=C\C/C=C\C/C=C\C/C=C\C/C=C\CC)OC(=O)CCCCCCC/C=C\CCCCCCCC. The van der Waals surface area contributed by atoms with Crippen LogP contribution in [0.25, 0.3) is 0 Å². The summed E-state index contributed by atoms with van der Waals surface area (Å²) in [6.07, 6.45) is 94.6. The number of hydrogen-bond acceptors (Lipinski definition) is 15. The molecule has 19 heteroatoms. The third-order valence-corrected chi connectivity index (χ3v) is 17.5. The van der Waals surface area contributed by atoms with Crippen LogP contribution in [0.1, 0.15) is 272 Å². The highest BCUT2D eigenvalue weighted by atomic mass is 31.2. The second kappa shape index (κ2) is 77.1. The van der Waals surface area contributed by atoms with Crippen LogP contribution in [0.5, 0.6) is 0 Å². The first-order chi connectivity index (χ1) is 51.7. The van der Waals surface area contributed by atoms with Crippen molar-refractivity contribution in [1.82, 2.24) is 0 Å². The fourth-order valence-corrected chi connectivity index (χ4v) is 11.2. The number of phosphoric ester groups is 2. The Bertz CT molecular complexity index is 2780. The lowest BCUT2D eigenvalue weighted by molar-refractivity contribution is -0.161. The van der Waals surface area contributed by atoms with Crippen molar-refractivity contribution in [1.29, 1.82) is 0 Å². The number of aliphatic hydroxyl groups excluding tert-OH is 1. The molecule has 0 saturated carbocycles. The molecule has 0 amide bonds. The molecule has 0 saturated heterocycles. The number of phosphoric acid groups is 2. The average Bonchev–Trinajstić information content (AvgIpc) is 0.909. The smallest absolute Gasteiger partial charge is 0.462 e. The van der Waals surface area contributed by atoms with E-state index in [-0.39, 0.29) is 25.7 Å². The minimum absolute atomic E-state index is 0.0253.